The number of piperazine rings is 1. The largest absolute Gasteiger partial charge is 0.485 e. The molecule has 2 aliphatic heterocycles. The molecule has 0 atom stereocenters. The van der Waals surface area contributed by atoms with E-state index in [0.29, 0.717) is 22.6 Å². The highest BCUT2D eigenvalue weighted by Gasteiger charge is 2.33. The summed E-state index contributed by atoms with van der Waals surface area (Å²) in [7, 11) is 0. The Kier molecular flexibility index (Phi) is 10.7. The molecule has 0 aliphatic carbocycles. The fourth-order valence-corrected chi connectivity index (χ4v) is 7.57. The Labute approximate surface area is 344 Å². The number of carbonyl (C=O) groups is 3. The highest BCUT2D eigenvalue weighted by atomic mass is 35.5. The second-order valence-corrected chi connectivity index (χ2v) is 14.6. The number of halogens is 4. The standard InChI is InChI=1S/C41H36ClF3N10O5/c1-3-31-35(52-13-15-53(16-14-52)38(58)34-36(23(2)46-22-47-34)60-21-24-7-5-4-6-8-24)39(59)55-40(50-37(51-55)25-9-11-29-26(17-25)18-32(56)48-29)54(31)20-33(57)49-30-12-10-27(19-28(30)42)41(43,44)45/h4-12,17,19,22H,3,13-16,18,20-21H2,1-2H3,(H,48,56)(H,49,57). The average molecular weight is 841 g/mol. The first-order chi connectivity index (χ1) is 28.8. The van der Waals surface area contributed by atoms with E-state index in [-0.39, 0.29) is 96.9 Å². The van der Waals surface area contributed by atoms with E-state index in [4.69, 9.17) is 21.3 Å². The normalized spacial score (nSPS) is 14.0. The summed E-state index contributed by atoms with van der Waals surface area (Å²) in [5.74, 6) is -0.705. The van der Waals surface area contributed by atoms with Crippen LogP contribution in [0.4, 0.5) is 30.2 Å². The number of nitrogens with zero attached hydrogens (tertiary/aromatic N) is 8. The number of fused-ring (bicyclic) bond motifs is 2. The van der Waals surface area contributed by atoms with Crippen molar-refractivity contribution in [2.45, 2.75) is 46.0 Å². The SMILES string of the molecule is CCc1c(N2CCN(C(=O)c3ncnc(C)c3OCc3ccccc3)CC2)c(=O)n2nc(-c3ccc4c(c3)CC(=O)N4)nc2n1CC(=O)Nc1ccc(C(F)(F)F)cc1Cl. The van der Waals surface area contributed by atoms with E-state index >= 15 is 0 Å². The number of alkyl halides is 3. The van der Waals surface area contributed by atoms with Gasteiger partial charge in [-0.1, -0.05) is 48.9 Å². The number of benzene rings is 3. The van der Waals surface area contributed by atoms with Crippen LogP contribution in [0.3, 0.4) is 0 Å². The van der Waals surface area contributed by atoms with Gasteiger partial charge in [-0.3, -0.25) is 19.2 Å². The smallest absolute Gasteiger partial charge is 0.416 e. The molecule has 0 radical (unpaired) electrons. The lowest BCUT2D eigenvalue weighted by atomic mass is 10.1. The molecule has 0 bridgehead atoms. The fraction of sp³-hybridized carbons (Fsp3) is 0.268. The van der Waals surface area contributed by atoms with Gasteiger partial charge in [0.1, 0.15) is 25.2 Å². The molecule has 308 valence electrons. The maximum atomic E-state index is 14.5. The van der Waals surface area contributed by atoms with Crippen molar-refractivity contribution in [2.24, 2.45) is 0 Å². The van der Waals surface area contributed by atoms with Crippen LogP contribution in [0.25, 0.3) is 17.2 Å². The number of carbonyl (C=O) groups excluding carboxylic acids is 3. The van der Waals surface area contributed by atoms with Gasteiger partial charge in [0.25, 0.3) is 11.5 Å². The minimum absolute atomic E-state index is 0.0370. The van der Waals surface area contributed by atoms with Crippen LogP contribution in [0.5, 0.6) is 5.75 Å². The monoisotopic (exact) mass is 840 g/mol. The molecular formula is C41H36ClF3N10O5. The molecule has 0 unspecified atom stereocenters. The Morgan fingerprint density at radius 2 is 1.75 bits per heavy atom. The van der Waals surface area contributed by atoms with E-state index in [0.717, 1.165) is 33.8 Å². The molecule has 1 saturated heterocycles. The van der Waals surface area contributed by atoms with E-state index in [1.54, 1.807) is 30.0 Å². The number of anilines is 3. The molecule has 3 amide bonds. The van der Waals surface area contributed by atoms with Crippen molar-refractivity contribution < 1.29 is 32.3 Å². The van der Waals surface area contributed by atoms with E-state index in [1.807, 2.05) is 42.2 Å². The van der Waals surface area contributed by atoms with Crippen molar-refractivity contribution in [2.75, 3.05) is 41.7 Å². The number of rotatable bonds is 10. The van der Waals surface area contributed by atoms with Crippen LogP contribution in [0.15, 0.2) is 77.9 Å². The van der Waals surface area contributed by atoms with Gasteiger partial charge in [-0.2, -0.15) is 22.7 Å². The topological polar surface area (TPSA) is 169 Å². The van der Waals surface area contributed by atoms with Crippen molar-refractivity contribution in [1.29, 1.82) is 0 Å². The third-order valence-electron chi connectivity index (χ3n) is 10.3. The summed E-state index contributed by atoms with van der Waals surface area (Å²) >= 11 is 6.17. The quantitative estimate of drug-likeness (QED) is 0.178. The molecular weight excluding hydrogens is 805 g/mol. The van der Waals surface area contributed by atoms with E-state index in [1.165, 1.54) is 10.9 Å². The second kappa shape index (κ2) is 16.1. The maximum Gasteiger partial charge on any atom is 0.416 e. The maximum absolute atomic E-state index is 14.5. The van der Waals surface area contributed by atoms with Gasteiger partial charge in [0, 0.05) is 37.4 Å². The zero-order chi connectivity index (χ0) is 42.3. The number of hydrogen-bond acceptors (Lipinski definition) is 10. The highest BCUT2D eigenvalue weighted by Crippen LogP contribution is 2.34. The first-order valence-electron chi connectivity index (χ1n) is 18.9. The van der Waals surface area contributed by atoms with Crippen molar-refractivity contribution in [1.82, 2.24) is 34.0 Å². The Bertz CT molecular complexity index is 2730. The summed E-state index contributed by atoms with van der Waals surface area (Å²) in [5.41, 5.74) is 2.59. The number of aryl methyl sites for hydroxylation is 1. The van der Waals surface area contributed by atoms with Crippen molar-refractivity contribution in [3.63, 3.8) is 0 Å². The molecule has 2 aliphatic rings. The summed E-state index contributed by atoms with van der Waals surface area (Å²) in [4.78, 5) is 70.9. The molecule has 3 aromatic heterocycles. The van der Waals surface area contributed by atoms with Gasteiger partial charge in [-0.25, -0.2) is 9.97 Å². The highest BCUT2D eigenvalue weighted by molar-refractivity contribution is 6.33. The van der Waals surface area contributed by atoms with Gasteiger partial charge in [0.05, 0.1) is 34.1 Å². The van der Waals surface area contributed by atoms with Crippen LogP contribution in [-0.2, 0) is 41.8 Å². The number of hydrogen-bond donors (Lipinski definition) is 2. The van der Waals surface area contributed by atoms with Crippen LogP contribution < -0.4 is 25.8 Å². The molecule has 2 N–H and O–H groups in total. The van der Waals surface area contributed by atoms with Gasteiger partial charge in [-0.15, -0.1) is 5.10 Å². The average Bonchev–Trinajstić information content (AvgIpc) is 3.85. The number of aromatic nitrogens is 6. The first kappa shape index (κ1) is 40.0. The van der Waals surface area contributed by atoms with E-state index in [2.05, 4.69) is 25.7 Å². The Hall–Kier alpha value is -6.82. The summed E-state index contributed by atoms with van der Waals surface area (Å²) in [5, 5.41) is 9.64. The van der Waals surface area contributed by atoms with Gasteiger partial charge < -0.3 is 29.7 Å². The van der Waals surface area contributed by atoms with Gasteiger partial charge in [0.2, 0.25) is 17.6 Å². The van der Waals surface area contributed by atoms with Crippen LogP contribution in [0, 0.1) is 6.92 Å². The lowest BCUT2D eigenvalue weighted by Crippen LogP contribution is -2.51. The van der Waals surface area contributed by atoms with Crippen molar-refractivity contribution >= 4 is 52.2 Å². The number of ether oxygens (including phenoxy) is 1. The summed E-state index contributed by atoms with van der Waals surface area (Å²) < 4.78 is 48.7. The predicted octanol–water partition coefficient (Wildman–Crippen LogP) is 5.57. The molecule has 3 aromatic carbocycles. The predicted molar refractivity (Wildman–Crippen MR) is 215 cm³/mol. The van der Waals surface area contributed by atoms with Crippen LogP contribution >= 0.6 is 11.6 Å². The molecule has 0 saturated carbocycles. The molecule has 5 heterocycles. The minimum Gasteiger partial charge on any atom is -0.485 e. The molecule has 15 nitrogen and oxygen atoms in total. The zero-order valence-electron chi connectivity index (χ0n) is 32.2. The van der Waals surface area contributed by atoms with E-state index in [9.17, 15) is 32.3 Å². The summed E-state index contributed by atoms with van der Waals surface area (Å²) in [6.45, 7) is 4.20. The van der Waals surface area contributed by atoms with Crippen LogP contribution in [0.1, 0.15) is 45.5 Å². The Morgan fingerprint density at radius 1 is 0.983 bits per heavy atom. The van der Waals surface area contributed by atoms with Crippen LogP contribution in [-0.4, -0.2) is 77.9 Å². The third-order valence-corrected chi connectivity index (χ3v) is 10.6. The summed E-state index contributed by atoms with van der Waals surface area (Å²) in [6, 6.07) is 17.3. The fourth-order valence-electron chi connectivity index (χ4n) is 7.35. The molecule has 6 aromatic rings. The minimum atomic E-state index is -4.63. The van der Waals surface area contributed by atoms with Gasteiger partial charge in [0.15, 0.2) is 17.3 Å². The third kappa shape index (κ3) is 7.84. The van der Waals surface area contributed by atoms with E-state index < -0.39 is 29.8 Å². The molecule has 0 spiro atoms. The lowest BCUT2D eigenvalue weighted by molar-refractivity contribution is -0.137. The first-order valence-corrected chi connectivity index (χ1v) is 19.3. The number of amides is 3. The zero-order valence-corrected chi connectivity index (χ0v) is 33.0. The van der Waals surface area contributed by atoms with Gasteiger partial charge in [-0.05, 0) is 60.9 Å². The Balaban J connectivity index is 1.11. The van der Waals surface area contributed by atoms with Gasteiger partial charge >= 0.3 is 6.18 Å². The second-order valence-electron chi connectivity index (χ2n) is 14.2. The molecule has 60 heavy (non-hydrogen) atoms. The Morgan fingerprint density at radius 3 is 2.47 bits per heavy atom. The summed E-state index contributed by atoms with van der Waals surface area (Å²) in [6.07, 6.45) is -2.91. The molecule has 8 rings (SSSR count). The van der Waals surface area contributed by atoms with Crippen molar-refractivity contribution in [3.8, 4) is 17.1 Å². The molecule has 19 heteroatoms. The van der Waals surface area contributed by atoms with Crippen LogP contribution in [0.2, 0.25) is 5.02 Å². The lowest BCUT2D eigenvalue weighted by Gasteiger charge is -2.36. The number of nitrogens with one attached hydrogen (secondary N) is 2. The van der Waals surface area contributed by atoms with Crippen molar-refractivity contribution in [3.05, 3.63) is 122 Å². The molecule has 1 fully saturated rings.